The molecule has 0 aromatic heterocycles. The normalized spacial score (nSPS) is 23.8. The third kappa shape index (κ3) is 4.09. The predicted octanol–water partition coefficient (Wildman–Crippen LogP) is 3.94. The Morgan fingerprint density at radius 2 is 2.00 bits per heavy atom. The van der Waals surface area contributed by atoms with Crippen LogP contribution < -0.4 is 5.32 Å². The van der Waals surface area contributed by atoms with Crippen molar-refractivity contribution in [3.63, 3.8) is 0 Å². The van der Waals surface area contributed by atoms with E-state index in [2.05, 4.69) is 19.2 Å². The van der Waals surface area contributed by atoms with Crippen LogP contribution in [-0.2, 0) is 11.2 Å². The molecule has 19 heavy (non-hydrogen) atoms. The predicted molar refractivity (Wildman–Crippen MR) is 81.2 cm³/mol. The fraction of sp³-hybridized carbons (Fsp3) is 0.600. The van der Waals surface area contributed by atoms with Crippen molar-refractivity contribution in [3.05, 3.63) is 33.8 Å². The molecule has 1 fully saturated rings. The summed E-state index contributed by atoms with van der Waals surface area (Å²) in [5.74, 6) is 0.425. The van der Waals surface area contributed by atoms with Crippen LogP contribution in [0.15, 0.2) is 18.2 Å². The van der Waals surface area contributed by atoms with Crippen molar-refractivity contribution in [2.24, 2.45) is 5.92 Å². The van der Waals surface area contributed by atoms with Gasteiger partial charge in [-0.3, -0.25) is 0 Å². The van der Waals surface area contributed by atoms with Gasteiger partial charge in [0, 0.05) is 34.7 Å². The van der Waals surface area contributed by atoms with Gasteiger partial charge in [0.25, 0.3) is 0 Å². The van der Waals surface area contributed by atoms with Crippen LogP contribution in [0.3, 0.4) is 0 Å². The number of hydrogen-bond donors (Lipinski definition) is 1. The molecule has 1 aromatic rings. The summed E-state index contributed by atoms with van der Waals surface area (Å²) in [7, 11) is 0. The molecule has 0 unspecified atom stereocenters. The number of benzene rings is 1. The topological polar surface area (TPSA) is 21.3 Å². The average Bonchev–Trinajstić information content (AvgIpc) is 2.35. The number of hydrogen-bond acceptors (Lipinski definition) is 2. The zero-order chi connectivity index (χ0) is 13.8. The Hall–Kier alpha value is -0.280. The lowest BCUT2D eigenvalue weighted by molar-refractivity contribution is 0.0300. The lowest BCUT2D eigenvalue weighted by atomic mass is 9.89. The third-order valence-corrected chi connectivity index (χ3v) is 4.26. The lowest BCUT2D eigenvalue weighted by Crippen LogP contribution is -2.46. The van der Waals surface area contributed by atoms with Crippen molar-refractivity contribution < 1.29 is 4.74 Å². The zero-order valence-corrected chi connectivity index (χ0v) is 13.0. The summed E-state index contributed by atoms with van der Waals surface area (Å²) in [5, 5.41) is 5.13. The van der Waals surface area contributed by atoms with Gasteiger partial charge in [0.05, 0.1) is 6.61 Å². The molecule has 0 bridgehead atoms. The molecule has 0 spiro atoms. The molecule has 2 atom stereocenters. The van der Waals surface area contributed by atoms with Crippen LogP contribution in [0.5, 0.6) is 0 Å². The van der Waals surface area contributed by atoms with E-state index in [0.29, 0.717) is 18.0 Å². The molecule has 1 aliphatic heterocycles. The minimum atomic E-state index is 0.425. The second kappa shape index (κ2) is 6.94. The number of ether oxygens (including phenoxy) is 1. The summed E-state index contributed by atoms with van der Waals surface area (Å²) in [4.78, 5) is 0. The minimum Gasteiger partial charge on any atom is -0.381 e. The van der Waals surface area contributed by atoms with Crippen LogP contribution in [0.4, 0.5) is 0 Å². The Morgan fingerprint density at radius 3 is 2.63 bits per heavy atom. The Balaban J connectivity index is 2.11. The molecule has 2 rings (SSSR count). The van der Waals surface area contributed by atoms with Crippen molar-refractivity contribution in [1.82, 2.24) is 5.32 Å². The van der Waals surface area contributed by atoms with Gasteiger partial charge in [0.1, 0.15) is 0 Å². The summed E-state index contributed by atoms with van der Waals surface area (Å²) in [6, 6.07) is 6.64. The Labute approximate surface area is 125 Å². The highest BCUT2D eigenvalue weighted by Gasteiger charge is 2.27. The highest BCUT2D eigenvalue weighted by molar-refractivity contribution is 6.35. The van der Waals surface area contributed by atoms with E-state index in [1.54, 1.807) is 0 Å². The summed E-state index contributed by atoms with van der Waals surface area (Å²) >= 11 is 12.5. The molecular weight excluding hydrogens is 281 g/mol. The van der Waals surface area contributed by atoms with Gasteiger partial charge >= 0.3 is 0 Å². The summed E-state index contributed by atoms with van der Waals surface area (Å²) in [6.45, 7) is 5.95. The first-order valence-electron chi connectivity index (χ1n) is 6.84. The minimum absolute atomic E-state index is 0.425. The maximum absolute atomic E-state index is 6.26. The van der Waals surface area contributed by atoms with E-state index in [1.165, 1.54) is 0 Å². The molecule has 0 saturated carbocycles. The molecule has 0 amide bonds. The number of rotatable bonds is 4. The summed E-state index contributed by atoms with van der Waals surface area (Å²) < 4.78 is 5.62. The number of halogens is 2. The highest BCUT2D eigenvalue weighted by atomic mass is 35.5. The largest absolute Gasteiger partial charge is 0.381 e. The quantitative estimate of drug-likeness (QED) is 0.909. The molecule has 1 N–H and O–H groups in total. The van der Waals surface area contributed by atoms with E-state index in [4.69, 9.17) is 27.9 Å². The first-order chi connectivity index (χ1) is 9.08. The summed E-state index contributed by atoms with van der Waals surface area (Å²) in [6.07, 6.45) is 1.91. The SMILES string of the molecule is CC(C)N[C@@H]1CCOC[C@@H]1Cc1c(Cl)cccc1Cl. The van der Waals surface area contributed by atoms with E-state index >= 15 is 0 Å². The molecule has 0 radical (unpaired) electrons. The first kappa shape index (κ1) is 15.1. The van der Waals surface area contributed by atoms with Gasteiger partial charge in [-0.25, -0.2) is 0 Å². The fourth-order valence-corrected chi connectivity index (χ4v) is 3.19. The van der Waals surface area contributed by atoms with Gasteiger partial charge in [-0.15, -0.1) is 0 Å². The zero-order valence-electron chi connectivity index (χ0n) is 11.5. The molecular formula is C15H21Cl2NO. The van der Waals surface area contributed by atoms with Crippen molar-refractivity contribution in [2.45, 2.75) is 38.8 Å². The first-order valence-corrected chi connectivity index (χ1v) is 7.60. The van der Waals surface area contributed by atoms with E-state index < -0.39 is 0 Å². The molecule has 2 nitrogen and oxygen atoms in total. The van der Waals surface area contributed by atoms with Crippen LogP contribution in [-0.4, -0.2) is 25.3 Å². The van der Waals surface area contributed by atoms with Gasteiger partial charge in [-0.2, -0.15) is 0 Å². The molecule has 1 aliphatic rings. The molecule has 1 aromatic carbocycles. The van der Waals surface area contributed by atoms with Crippen LogP contribution >= 0.6 is 23.2 Å². The van der Waals surface area contributed by atoms with Crippen molar-refractivity contribution in [3.8, 4) is 0 Å². The van der Waals surface area contributed by atoms with Crippen molar-refractivity contribution in [1.29, 1.82) is 0 Å². The Kier molecular flexibility index (Phi) is 5.52. The molecule has 1 saturated heterocycles. The fourth-order valence-electron chi connectivity index (χ4n) is 2.64. The van der Waals surface area contributed by atoms with Crippen LogP contribution in [0.25, 0.3) is 0 Å². The monoisotopic (exact) mass is 301 g/mol. The van der Waals surface area contributed by atoms with Gasteiger partial charge in [-0.1, -0.05) is 43.1 Å². The van der Waals surface area contributed by atoms with Crippen LogP contribution in [0.1, 0.15) is 25.8 Å². The maximum Gasteiger partial charge on any atom is 0.0512 e. The van der Waals surface area contributed by atoms with Crippen molar-refractivity contribution >= 4 is 23.2 Å². The second-order valence-corrected chi connectivity index (χ2v) is 6.27. The van der Waals surface area contributed by atoms with Crippen LogP contribution in [0.2, 0.25) is 10.0 Å². The van der Waals surface area contributed by atoms with Gasteiger partial charge in [-0.05, 0) is 30.5 Å². The second-order valence-electron chi connectivity index (χ2n) is 5.46. The van der Waals surface area contributed by atoms with Crippen LogP contribution in [0, 0.1) is 5.92 Å². The maximum atomic E-state index is 6.26. The Morgan fingerprint density at radius 1 is 1.32 bits per heavy atom. The highest BCUT2D eigenvalue weighted by Crippen LogP contribution is 2.29. The van der Waals surface area contributed by atoms with E-state index in [9.17, 15) is 0 Å². The average molecular weight is 302 g/mol. The Bertz CT molecular complexity index is 402. The lowest BCUT2D eigenvalue weighted by Gasteiger charge is -2.34. The molecule has 1 heterocycles. The van der Waals surface area contributed by atoms with E-state index in [0.717, 1.165) is 41.7 Å². The van der Waals surface area contributed by atoms with Crippen molar-refractivity contribution in [2.75, 3.05) is 13.2 Å². The van der Waals surface area contributed by atoms with E-state index in [-0.39, 0.29) is 0 Å². The smallest absolute Gasteiger partial charge is 0.0512 e. The molecule has 4 heteroatoms. The van der Waals surface area contributed by atoms with Gasteiger partial charge in [0.15, 0.2) is 0 Å². The molecule has 0 aliphatic carbocycles. The third-order valence-electron chi connectivity index (χ3n) is 3.55. The van der Waals surface area contributed by atoms with Gasteiger partial charge in [0.2, 0.25) is 0 Å². The standard InChI is InChI=1S/C15H21Cl2NO/c1-10(2)18-15-6-7-19-9-11(15)8-12-13(16)4-3-5-14(12)17/h3-5,10-11,15,18H,6-9H2,1-2H3/t11-,15+/m0/s1. The van der Waals surface area contributed by atoms with Gasteiger partial charge < -0.3 is 10.1 Å². The molecule has 106 valence electrons. The number of nitrogens with one attached hydrogen (secondary N) is 1. The van der Waals surface area contributed by atoms with E-state index in [1.807, 2.05) is 18.2 Å². The summed E-state index contributed by atoms with van der Waals surface area (Å²) in [5.41, 5.74) is 1.04.